The number of ether oxygens (including phenoxy) is 2. The summed E-state index contributed by atoms with van der Waals surface area (Å²) in [4.78, 5) is 14.2. The summed E-state index contributed by atoms with van der Waals surface area (Å²) in [6.07, 6.45) is 2.83. The van der Waals surface area contributed by atoms with Crippen molar-refractivity contribution in [3.63, 3.8) is 0 Å². The van der Waals surface area contributed by atoms with E-state index in [9.17, 15) is 4.79 Å². The molecule has 1 atom stereocenters. The molecule has 2 aromatic carbocycles. The molecule has 5 heteroatoms. The maximum absolute atomic E-state index is 11.9. The second-order valence-corrected chi connectivity index (χ2v) is 6.00. The third kappa shape index (κ3) is 6.27. The maximum atomic E-state index is 11.9. The van der Waals surface area contributed by atoms with E-state index in [1.54, 1.807) is 43.5 Å². The highest BCUT2D eigenvalue weighted by atomic mass is 16.5. The largest absolute Gasteiger partial charge is 0.497 e. The van der Waals surface area contributed by atoms with Crippen LogP contribution >= 0.6 is 0 Å². The van der Waals surface area contributed by atoms with E-state index < -0.39 is 11.8 Å². The lowest BCUT2D eigenvalue weighted by Crippen LogP contribution is -2.18. The molecule has 0 unspecified atom stereocenters. The molecule has 2 aromatic rings. The van der Waals surface area contributed by atoms with Crippen molar-refractivity contribution in [1.29, 1.82) is 0 Å². The predicted octanol–water partition coefficient (Wildman–Crippen LogP) is 3.22. The fraction of sp³-hybridized carbons (Fsp3) is 0.350. The van der Waals surface area contributed by atoms with E-state index in [2.05, 4.69) is 11.9 Å². The van der Waals surface area contributed by atoms with Crippen molar-refractivity contribution in [2.75, 3.05) is 27.2 Å². The van der Waals surface area contributed by atoms with E-state index in [1.807, 2.05) is 18.2 Å². The Kier molecular flexibility index (Phi) is 7.54. The monoisotopic (exact) mass is 337 g/mol. The Morgan fingerprint density at radius 3 is 2.04 bits per heavy atom. The van der Waals surface area contributed by atoms with Gasteiger partial charge in [0.2, 0.25) is 0 Å². The molecular formula is C20H24BNO3. The zero-order valence-corrected chi connectivity index (χ0v) is 14.9. The predicted molar refractivity (Wildman–Crippen MR) is 100 cm³/mol. The summed E-state index contributed by atoms with van der Waals surface area (Å²) >= 11 is 0. The van der Waals surface area contributed by atoms with E-state index in [0.29, 0.717) is 11.5 Å². The van der Waals surface area contributed by atoms with Crippen molar-refractivity contribution in [2.45, 2.75) is 18.7 Å². The van der Waals surface area contributed by atoms with Gasteiger partial charge in [0.15, 0.2) is 0 Å². The lowest BCUT2D eigenvalue weighted by atomic mass is 9.81. The molecule has 0 aromatic heterocycles. The molecule has 0 spiro atoms. The van der Waals surface area contributed by atoms with Crippen LogP contribution < -0.4 is 9.47 Å². The van der Waals surface area contributed by atoms with Crippen molar-refractivity contribution >= 4 is 13.8 Å². The van der Waals surface area contributed by atoms with Gasteiger partial charge in [0.1, 0.15) is 11.5 Å². The van der Waals surface area contributed by atoms with Gasteiger partial charge in [-0.3, -0.25) is 4.79 Å². The third-order valence-electron chi connectivity index (χ3n) is 4.02. The van der Waals surface area contributed by atoms with Crippen LogP contribution in [0, 0.1) is 0 Å². The first-order valence-corrected chi connectivity index (χ1v) is 8.45. The van der Waals surface area contributed by atoms with E-state index in [-0.39, 0.29) is 0 Å². The summed E-state index contributed by atoms with van der Waals surface area (Å²) in [6.45, 7) is 2.64. The number of hydrogen-bond acceptors (Lipinski definition) is 4. The molecule has 1 heterocycles. The molecule has 2 radical (unpaired) electrons. The molecule has 0 bridgehead atoms. The van der Waals surface area contributed by atoms with Crippen LogP contribution in [0.1, 0.15) is 24.2 Å². The number of rotatable bonds is 4. The summed E-state index contributed by atoms with van der Waals surface area (Å²) in [5.74, 6) is -0.135. The minimum atomic E-state index is -0.789. The minimum Gasteiger partial charge on any atom is -0.497 e. The molecule has 1 aliphatic rings. The highest BCUT2D eigenvalue weighted by Gasteiger charge is 2.16. The molecule has 4 nitrogen and oxygen atoms in total. The Morgan fingerprint density at radius 1 is 1.00 bits per heavy atom. The fourth-order valence-electron chi connectivity index (χ4n) is 2.50. The average molecular weight is 337 g/mol. The zero-order chi connectivity index (χ0) is 18.1. The SMILES string of the molecule is CN1CCCC1.[B][C@@H](C(=O)Oc1ccc(OC)cc1)c1ccccc1. The number of likely N-dealkylation sites (tertiary alicyclic amines) is 1. The molecule has 0 amide bonds. The van der Waals surface area contributed by atoms with Crippen LogP contribution in [-0.4, -0.2) is 46.0 Å². The minimum absolute atomic E-state index is 0.442. The molecular weight excluding hydrogens is 313 g/mol. The molecule has 130 valence electrons. The van der Waals surface area contributed by atoms with Crippen LogP contribution in [0.25, 0.3) is 0 Å². The molecule has 1 saturated heterocycles. The van der Waals surface area contributed by atoms with Gasteiger partial charge in [-0.25, -0.2) is 0 Å². The maximum Gasteiger partial charge on any atom is 0.309 e. The highest BCUT2D eigenvalue weighted by molar-refractivity contribution is 6.23. The second kappa shape index (κ2) is 9.89. The summed E-state index contributed by atoms with van der Waals surface area (Å²) < 4.78 is 10.2. The van der Waals surface area contributed by atoms with E-state index in [4.69, 9.17) is 17.3 Å². The summed E-state index contributed by atoms with van der Waals surface area (Å²) in [5, 5.41) is 0. The topological polar surface area (TPSA) is 38.8 Å². The number of esters is 1. The average Bonchev–Trinajstić information content (AvgIpc) is 3.14. The van der Waals surface area contributed by atoms with Crippen molar-refractivity contribution < 1.29 is 14.3 Å². The van der Waals surface area contributed by atoms with Gasteiger partial charge < -0.3 is 14.4 Å². The molecule has 25 heavy (non-hydrogen) atoms. The van der Waals surface area contributed by atoms with Crippen molar-refractivity contribution in [2.24, 2.45) is 0 Å². The van der Waals surface area contributed by atoms with Gasteiger partial charge in [0.25, 0.3) is 0 Å². The first kappa shape index (κ1) is 19.1. The molecule has 0 saturated carbocycles. The first-order chi connectivity index (χ1) is 12.1. The van der Waals surface area contributed by atoms with E-state index in [0.717, 1.165) is 5.56 Å². The van der Waals surface area contributed by atoms with Crippen molar-refractivity contribution in [3.8, 4) is 11.5 Å². The van der Waals surface area contributed by atoms with Crippen molar-refractivity contribution in [3.05, 3.63) is 60.2 Å². The molecule has 0 aliphatic carbocycles. The summed E-state index contributed by atoms with van der Waals surface area (Å²) in [7, 11) is 9.59. The van der Waals surface area contributed by atoms with Crippen LogP contribution in [-0.2, 0) is 4.79 Å². The van der Waals surface area contributed by atoms with Gasteiger partial charge in [0.05, 0.1) is 15.0 Å². The number of nitrogens with zero attached hydrogens (tertiary/aromatic N) is 1. The van der Waals surface area contributed by atoms with Crippen LogP contribution in [0.5, 0.6) is 11.5 Å². The van der Waals surface area contributed by atoms with Gasteiger partial charge in [0, 0.05) is 5.82 Å². The molecule has 1 aliphatic heterocycles. The van der Waals surface area contributed by atoms with Gasteiger partial charge in [-0.15, -0.1) is 0 Å². The fourth-order valence-corrected chi connectivity index (χ4v) is 2.50. The van der Waals surface area contributed by atoms with E-state index in [1.165, 1.54) is 25.9 Å². The number of carbonyl (C=O) groups excluding carboxylic acids is 1. The van der Waals surface area contributed by atoms with E-state index >= 15 is 0 Å². The van der Waals surface area contributed by atoms with Crippen molar-refractivity contribution in [1.82, 2.24) is 4.90 Å². The number of benzene rings is 2. The second-order valence-electron chi connectivity index (χ2n) is 6.00. The van der Waals surface area contributed by atoms with Gasteiger partial charge in [-0.1, -0.05) is 30.3 Å². The van der Waals surface area contributed by atoms with Gasteiger partial charge in [-0.2, -0.15) is 0 Å². The molecule has 0 N–H and O–H groups in total. The third-order valence-corrected chi connectivity index (χ3v) is 4.02. The van der Waals surface area contributed by atoms with Crippen LogP contribution in [0.4, 0.5) is 0 Å². The van der Waals surface area contributed by atoms with Gasteiger partial charge >= 0.3 is 5.97 Å². The Morgan fingerprint density at radius 2 is 1.56 bits per heavy atom. The van der Waals surface area contributed by atoms with Crippen LogP contribution in [0.15, 0.2) is 54.6 Å². The smallest absolute Gasteiger partial charge is 0.309 e. The normalized spacial score (nSPS) is 15.0. The summed E-state index contributed by atoms with van der Waals surface area (Å²) in [5.41, 5.74) is 0.723. The highest BCUT2D eigenvalue weighted by Crippen LogP contribution is 2.20. The molecule has 3 rings (SSSR count). The Bertz CT molecular complexity index is 640. The Labute approximate surface area is 151 Å². The van der Waals surface area contributed by atoms with Crippen LogP contribution in [0.3, 0.4) is 0 Å². The number of methoxy groups -OCH3 is 1. The first-order valence-electron chi connectivity index (χ1n) is 8.45. The lowest BCUT2D eigenvalue weighted by molar-refractivity contribution is -0.134. The quantitative estimate of drug-likeness (QED) is 0.488. The van der Waals surface area contributed by atoms with Gasteiger partial charge in [-0.05, 0) is 62.8 Å². The standard InChI is InChI=1S/C15H13BO3.C5H11N/c1-18-12-7-9-13(10-8-12)19-15(17)14(16)11-5-3-2-4-6-11;1-6-4-2-3-5-6/h2-10,14H,1H3;2-5H2,1H3/t14-;/m1./s1. The molecule has 1 fully saturated rings. The Hall–Kier alpha value is -2.27. The summed E-state index contributed by atoms with van der Waals surface area (Å²) in [6, 6.07) is 15.9. The number of hydrogen-bond donors (Lipinski definition) is 0. The number of carbonyl (C=O) groups is 1. The Balaban J connectivity index is 0.000000316. The van der Waals surface area contributed by atoms with Crippen LogP contribution in [0.2, 0.25) is 0 Å². The zero-order valence-electron chi connectivity index (χ0n) is 14.9. The lowest BCUT2D eigenvalue weighted by Gasteiger charge is -2.12.